The largest absolute Gasteiger partial charge is 0.424 e. The molecule has 2 aliphatic heterocycles. The van der Waals surface area contributed by atoms with Crippen LogP contribution in [0.2, 0.25) is 0 Å². The molecule has 0 bridgehead atoms. The third-order valence-electron chi connectivity index (χ3n) is 4.73. The van der Waals surface area contributed by atoms with Crippen LogP contribution in [0.15, 0.2) is 48.5 Å². The Balaban J connectivity index is 0.000000160. The van der Waals surface area contributed by atoms with E-state index in [1.807, 2.05) is 0 Å². The van der Waals surface area contributed by atoms with Gasteiger partial charge in [0.15, 0.2) is 0 Å². The van der Waals surface area contributed by atoms with Crippen molar-refractivity contribution in [1.82, 2.24) is 0 Å². The number of nitrogens with zero attached hydrogens (tertiary/aromatic N) is 2. The SMILES string of the molecule is [Co].c1cc[c-](N2CCCCC2)c1.c1cc[c-](N2CCCCC2)c1. The van der Waals surface area contributed by atoms with Crippen molar-refractivity contribution >= 4 is 11.4 Å². The molecule has 2 heterocycles. The Hall–Kier alpha value is -1.19. The molecule has 0 aromatic heterocycles. The Morgan fingerprint density at radius 1 is 0.478 bits per heavy atom. The molecule has 2 aliphatic rings. The third-order valence-corrected chi connectivity index (χ3v) is 4.73. The fraction of sp³-hybridized carbons (Fsp3) is 0.500. The van der Waals surface area contributed by atoms with Gasteiger partial charge in [0.1, 0.15) is 0 Å². The van der Waals surface area contributed by atoms with Crippen LogP contribution in [-0.4, -0.2) is 26.2 Å². The smallest absolute Gasteiger partial charge is 0.00597 e. The summed E-state index contributed by atoms with van der Waals surface area (Å²) < 4.78 is 0. The Morgan fingerprint density at radius 3 is 1.09 bits per heavy atom. The molecule has 0 N–H and O–H groups in total. The third kappa shape index (κ3) is 5.43. The quantitative estimate of drug-likeness (QED) is 0.715. The number of hydrogen-bond acceptors (Lipinski definition) is 2. The van der Waals surface area contributed by atoms with Crippen molar-refractivity contribution < 1.29 is 16.8 Å². The van der Waals surface area contributed by atoms with Crippen LogP contribution in [0.4, 0.5) is 11.4 Å². The monoisotopic (exact) mass is 355 g/mol. The molecule has 3 heteroatoms. The van der Waals surface area contributed by atoms with E-state index >= 15 is 0 Å². The van der Waals surface area contributed by atoms with Gasteiger partial charge in [-0.1, -0.05) is 24.2 Å². The van der Waals surface area contributed by atoms with Crippen LogP contribution in [0.3, 0.4) is 0 Å². The number of piperidine rings is 2. The van der Waals surface area contributed by atoms with Crippen LogP contribution in [0.1, 0.15) is 38.5 Å². The van der Waals surface area contributed by atoms with Crippen LogP contribution in [0.25, 0.3) is 0 Å². The minimum Gasteiger partial charge on any atom is -0.424 e. The van der Waals surface area contributed by atoms with Crippen molar-refractivity contribution in [3.63, 3.8) is 0 Å². The normalized spacial score (nSPS) is 17.9. The van der Waals surface area contributed by atoms with Gasteiger partial charge in [-0.05, 0) is 25.7 Å². The molecule has 2 aromatic rings. The first kappa shape index (κ1) is 18.1. The van der Waals surface area contributed by atoms with E-state index in [-0.39, 0.29) is 16.8 Å². The van der Waals surface area contributed by atoms with Gasteiger partial charge in [0.25, 0.3) is 0 Å². The molecule has 2 saturated heterocycles. The maximum Gasteiger partial charge on any atom is 0.00597 e. The number of rotatable bonds is 2. The summed E-state index contributed by atoms with van der Waals surface area (Å²) in [6.45, 7) is 5.02. The maximum atomic E-state index is 2.48. The molecule has 129 valence electrons. The van der Waals surface area contributed by atoms with Crippen molar-refractivity contribution in [2.24, 2.45) is 0 Å². The van der Waals surface area contributed by atoms with Gasteiger partial charge in [-0.3, -0.25) is 0 Å². The summed E-state index contributed by atoms with van der Waals surface area (Å²) in [5.41, 5.74) is 2.81. The van der Waals surface area contributed by atoms with Crippen LogP contribution in [-0.2, 0) is 16.8 Å². The summed E-state index contributed by atoms with van der Waals surface area (Å²) in [7, 11) is 0. The first-order valence-corrected chi connectivity index (χ1v) is 8.87. The van der Waals surface area contributed by atoms with Crippen molar-refractivity contribution in [3.8, 4) is 0 Å². The van der Waals surface area contributed by atoms with E-state index in [1.165, 1.54) is 76.1 Å². The van der Waals surface area contributed by atoms with Crippen molar-refractivity contribution in [2.75, 3.05) is 36.0 Å². The molecule has 0 unspecified atom stereocenters. The first-order valence-electron chi connectivity index (χ1n) is 8.87. The molecule has 1 radical (unpaired) electrons. The zero-order valence-electron chi connectivity index (χ0n) is 13.9. The minimum absolute atomic E-state index is 0. The van der Waals surface area contributed by atoms with Gasteiger partial charge in [-0.2, -0.15) is 24.3 Å². The summed E-state index contributed by atoms with van der Waals surface area (Å²) in [5, 5.41) is 0. The molecule has 0 aliphatic carbocycles. The van der Waals surface area contributed by atoms with Crippen LogP contribution >= 0.6 is 0 Å². The zero-order valence-corrected chi connectivity index (χ0v) is 15.0. The van der Waals surface area contributed by atoms with Gasteiger partial charge >= 0.3 is 0 Å². The van der Waals surface area contributed by atoms with Gasteiger partial charge in [-0.25, -0.2) is 24.3 Å². The summed E-state index contributed by atoms with van der Waals surface area (Å²) in [5.74, 6) is 0. The zero-order chi connectivity index (χ0) is 15.0. The van der Waals surface area contributed by atoms with Gasteiger partial charge < -0.3 is 9.80 Å². The molecule has 4 rings (SSSR count). The summed E-state index contributed by atoms with van der Waals surface area (Å²) in [6.07, 6.45) is 8.29. The molecular formula is C20H28CoN2-2. The van der Waals surface area contributed by atoms with E-state index in [4.69, 9.17) is 0 Å². The van der Waals surface area contributed by atoms with Crippen molar-refractivity contribution in [2.45, 2.75) is 38.5 Å². The molecule has 23 heavy (non-hydrogen) atoms. The molecule has 0 saturated carbocycles. The van der Waals surface area contributed by atoms with Gasteiger partial charge in [0, 0.05) is 43.0 Å². The van der Waals surface area contributed by atoms with E-state index in [9.17, 15) is 0 Å². The Morgan fingerprint density at radius 2 is 0.783 bits per heavy atom. The Labute approximate surface area is 151 Å². The fourth-order valence-electron chi connectivity index (χ4n) is 3.45. The van der Waals surface area contributed by atoms with Crippen molar-refractivity contribution in [1.29, 1.82) is 0 Å². The molecule has 2 aromatic carbocycles. The van der Waals surface area contributed by atoms with Crippen molar-refractivity contribution in [3.05, 3.63) is 48.5 Å². The first-order chi connectivity index (χ1) is 10.9. The molecule has 0 spiro atoms. The second-order valence-electron chi connectivity index (χ2n) is 6.38. The van der Waals surface area contributed by atoms with E-state index in [0.717, 1.165) is 0 Å². The fourth-order valence-corrected chi connectivity index (χ4v) is 3.45. The topological polar surface area (TPSA) is 6.48 Å². The van der Waals surface area contributed by atoms with Gasteiger partial charge in [0.2, 0.25) is 0 Å². The van der Waals surface area contributed by atoms with Crippen LogP contribution < -0.4 is 9.80 Å². The average molecular weight is 355 g/mol. The number of hydrogen-bond donors (Lipinski definition) is 0. The van der Waals surface area contributed by atoms with Gasteiger partial charge in [0.05, 0.1) is 0 Å². The van der Waals surface area contributed by atoms with Crippen LogP contribution in [0.5, 0.6) is 0 Å². The minimum atomic E-state index is 0. The van der Waals surface area contributed by atoms with E-state index in [2.05, 4.69) is 58.3 Å². The van der Waals surface area contributed by atoms with E-state index < -0.39 is 0 Å². The summed E-state index contributed by atoms with van der Waals surface area (Å²) in [6, 6.07) is 17.3. The molecule has 0 amide bonds. The Bertz CT molecular complexity index is 443. The Kier molecular flexibility index (Phi) is 7.76. The van der Waals surface area contributed by atoms with Gasteiger partial charge in [-0.15, -0.1) is 0 Å². The molecular weight excluding hydrogens is 327 g/mol. The number of anilines is 2. The predicted octanol–water partition coefficient (Wildman–Crippen LogP) is 4.79. The molecule has 0 atom stereocenters. The second kappa shape index (κ2) is 9.84. The summed E-state index contributed by atoms with van der Waals surface area (Å²) in [4.78, 5) is 4.95. The van der Waals surface area contributed by atoms with E-state index in [0.29, 0.717) is 0 Å². The maximum absolute atomic E-state index is 2.48. The van der Waals surface area contributed by atoms with Crippen LogP contribution in [0, 0.1) is 0 Å². The average Bonchev–Trinajstić information content (AvgIpc) is 3.31. The second-order valence-corrected chi connectivity index (χ2v) is 6.38. The molecule has 2 nitrogen and oxygen atoms in total. The molecule has 2 fully saturated rings. The summed E-state index contributed by atoms with van der Waals surface area (Å²) >= 11 is 0. The predicted molar refractivity (Wildman–Crippen MR) is 96.2 cm³/mol. The van der Waals surface area contributed by atoms with E-state index in [1.54, 1.807) is 0 Å². The standard InChI is InChI=1S/2C10H14N.Co/c2*1-4-8-11(9-5-1)10-6-2-3-7-10;/h2*2-3,6-7H,1,4-5,8-9H2;/q2*-1;.